The summed E-state index contributed by atoms with van der Waals surface area (Å²) in [6.07, 6.45) is 0. The topological polar surface area (TPSA) is 57.6 Å². The summed E-state index contributed by atoms with van der Waals surface area (Å²) >= 11 is 0. The van der Waals surface area contributed by atoms with Crippen LogP contribution in [-0.4, -0.2) is 13.0 Å². The third kappa shape index (κ3) is 4.68. The highest BCUT2D eigenvalue weighted by Crippen LogP contribution is 2.21. The van der Waals surface area contributed by atoms with Crippen LogP contribution in [0.15, 0.2) is 89.8 Å². The maximum atomic E-state index is 11.4. The molecule has 3 aromatic rings. The van der Waals surface area contributed by atoms with Gasteiger partial charge in [-0.2, -0.15) is 8.42 Å². The highest BCUT2D eigenvalue weighted by atomic mass is 32.2. The monoisotopic (exact) mass is 353 g/mol. The fraction of sp³-hybridized carbons (Fsp3) is 0.100. The van der Waals surface area contributed by atoms with E-state index in [4.69, 9.17) is 0 Å². The van der Waals surface area contributed by atoms with Gasteiger partial charge in [-0.05, 0) is 35.4 Å². The molecule has 0 bridgehead atoms. The number of anilines is 1. The molecular weight excluding hydrogens is 334 g/mol. The van der Waals surface area contributed by atoms with E-state index >= 15 is 0 Å². The first-order valence-corrected chi connectivity index (χ1v) is 9.37. The number of para-hydroxylation sites is 1. The van der Waals surface area contributed by atoms with Crippen LogP contribution in [0.4, 0.5) is 5.69 Å². The predicted molar refractivity (Wildman–Crippen MR) is 99.0 cm³/mol. The predicted octanol–water partition coefficient (Wildman–Crippen LogP) is 4.14. The summed E-state index contributed by atoms with van der Waals surface area (Å²) < 4.78 is 32.0. The zero-order valence-corrected chi connectivity index (χ0v) is 14.4. The van der Waals surface area contributed by atoms with Crippen LogP contribution in [0.5, 0.6) is 0 Å². The Kier molecular flexibility index (Phi) is 5.16. The number of nitrogens with zero attached hydrogens (tertiary/aromatic N) is 1. The Morgan fingerprint density at radius 2 is 1.28 bits per heavy atom. The minimum atomic E-state index is -4.20. The molecule has 3 aromatic carbocycles. The Hall–Kier alpha value is -2.63. The minimum absolute atomic E-state index is 0.0854. The van der Waals surface area contributed by atoms with Crippen LogP contribution >= 0.6 is 0 Å². The second-order valence-electron chi connectivity index (χ2n) is 5.80. The molecule has 0 amide bonds. The number of rotatable bonds is 6. The van der Waals surface area contributed by atoms with Crippen molar-refractivity contribution < 1.29 is 13.0 Å². The molecule has 0 radical (unpaired) electrons. The highest BCUT2D eigenvalue weighted by Gasteiger charge is 2.12. The lowest BCUT2D eigenvalue weighted by molar-refractivity contribution is 0.483. The van der Waals surface area contributed by atoms with Crippen LogP contribution in [0.1, 0.15) is 11.1 Å². The second kappa shape index (κ2) is 7.51. The number of hydrogen-bond donors (Lipinski definition) is 1. The van der Waals surface area contributed by atoms with Crippen LogP contribution in [0.3, 0.4) is 0 Å². The fourth-order valence-corrected chi connectivity index (χ4v) is 3.26. The Morgan fingerprint density at radius 3 is 1.92 bits per heavy atom. The Balaban J connectivity index is 1.90. The summed E-state index contributed by atoms with van der Waals surface area (Å²) in [6.45, 7) is 1.23. The van der Waals surface area contributed by atoms with E-state index in [-0.39, 0.29) is 4.90 Å². The van der Waals surface area contributed by atoms with Crippen molar-refractivity contribution in [3.05, 3.63) is 96.1 Å². The first-order chi connectivity index (χ1) is 12.0. The van der Waals surface area contributed by atoms with Crippen molar-refractivity contribution >= 4 is 15.8 Å². The van der Waals surface area contributed by atoms with Gasteiger partial charge in [0, 0.05) is 18.8 Å². The molecule has 0 aromatic heterocycles. The molecule has 0 aliphatic carbocycles. The van der Waals surface area contributed by atoms with Gasteiger partial charge in [0.05, 0.1) is 4.90 Å². The third-order valence-electron chi connectivity index (χ3n) is 3.91. The van der Waals surface area contributed by atoms with Crippen LogP contribution in [0.25, 0.3) is 0 Å². The van der Waals surface area contributed by atoms with Crippen molar-refractivity contribution in [3.8, 4) is 0 Å². The van der Waals surface area contributed by atoms with Crippen molar-refractivity contribution in [2.45, 2.75) is 18.0 Å². The lowest BCUT2D eigenvalue weighted by Crippen LogP contribution is -2.22. The molecule has 0 saturated heterocycles. The lowest BCUT2D eigenvalue weighted by Gasteiger charge is -2.25. The molecule has 0 aliphatic rings. The molecular formula is C20H19NO3S. The van der Waals surface area contributed by atoms with E-state index in [0.717, 1.165) is 16.8 Å². The summed E-state index contributed by atoms with van der Waals surface area (Å²) in [4.78, 5) is 2.08. The molecule has 0 atom stereocenters. The van der Waals surface area contributed by atoms with Gasteiger partial charge >= 0.3 is 0 Å². The van der Waals surface area contributed by atoms with Gasteiger partial charge in [0.15, 0.2) is 0 Å². The van der Waals surface area contributed by atoms with Crippen molar-refractivity contribution in [2.75, 3.05) is 4.90 Å². The molecule has 4 nitrogen and oxygen atoms in total. The molecule has 0 fully saturated rings. The van der Waals surface area contributed by atoms with Gasteiger partial charge in [-0.25, -0.2) is 0 Å². The Labute approximate surface area is 148 Å². The van der Waals surface area contributed by atoms with Crippen LogP contribution < -0.4 is 4.90 Å². The van der Waals surface area contributed by atoms with Crippen molar-refractivity contribution in [1.82, 2.24) is 0 Å². The first-order valence-electron chi connectivity index (χ1n) is 7.93. The standard InChI is InChI=1S/C20H19NO3S/c22-25(23,24)20-13-7-10-18(14-20)16-21(19-11-5-2-6-12-19)15-17-8-3-1-4-9-17/h1-14H,15-16H2,(H,22,23,24). The normalized spacial score (nSPS) is 11.2. The molecule has 0 heterocycles. The van der Waals surface area contributed by atoms with Gasteiger partial charge in [-0.15, -0.1) is 0 Å². The zero-order valence-electron chi connectivity index (χ0n) is 13.6. The fourth-order valence-electron chi connectivity index (χ4n) is 2.71. The highest BCUT2D eigenvalue weighted by molar-refractivity contribution is 7.85. The molecule has 5 heteroatoms. The van der Waals surface area contributed by atoms with E-state index in [2.05, 4.69) is 17.0 Å². The van der Waals surface area contributed by atoms with Gasteiger partial charge in [-0.1, -0.05) is 60.7 Å². The van der Waals surface area contributed by atoms with E-state index in [0.29, 0.717) is 13.1 Å². The second-order valence-corrected chi connectivity index (χ2v) is 7.22. The Morgan fingerprint density at radius 1 is 0.720 bits per heavy atom. The molecule has 0 saturated carbocycles. The maximum absolute atomic E-state index is 11.4. The average molecular weight is 353 g/mol. The lowest BCUT2D eigenvalue weighted by atomic mass is 10.1. The van der Waals surface area contributed by atoms with Crippen LogP contribution in [0, 0.1) is 0 Å². The molecule has 0 spiro atoms. The largest absolute Gasteiger partial charge is 0.363 e. The van der Waals surface area contributed by atoms with Crippen LogP contribution in [0.2, 0.25) is 0 Å². The molecule has 1 N–H and O–H groups in total. The molecule has 3 rings (SSSR count). The van der Waals surface area contributed by atoms with E-state index < -0.39 is 10.1 Å². The quantitative estimate of drug-likeness (QED) is 0.677. The summed E-state index contributed by atoms with van der Waals surface area (Å²) in [7, 11) is -4.20. The average Bonchev–Trinajstić information content (AvgIpc) is 2.62. The summed E-state index contributed by atoms with van der Waals surface area (Å²) in [5, 5.41) is 0. The number of hydrogen-bond acceptors (Lipinski definition) is 3. The summed E-state index contributed by atoms with van der Waals surface area (Å²) in [5.41, 5.74) is 3.02. The maximum Gasteiger partial charge on any atom is 0.294 e. The van der Waals surface area contributed by atoms with Crippen molar-refractivity contribution in [1.29, 1.82) is 0 Å². The van der Waals surface area contributed by atoms with Crippen molar-refractivity contribution in [2.24, 2.45) is 0 Å². The van der Waals surface area contributed by atoms with Gasteiger partial charge < -0.3 is 4.90 Å². The van der Waals surface area contributed by atoms with E-state index in [1.165, 1.54) is 12.1 Å². The van der Waals surface area contributed by atoms with E-state index in [9.17, 15) is 13.0 Å². The number of benzene rings is 3. The summed E-state index contributed by atoms with van der Waals surface area (Å²) in [6, 6.07) is 26.5. The molecule has 25 heavy (non-hydrogen) atoms. The first kappa shape index (κ1) is 17.2. The minimum Gasteiger partial charge on any atom is -0.363 e. The van der Waals surface area contributed by atoms with Gasteiger partial charge in [0.2, 0.25) is 0 Å². The van der Waals surface area contributed by atoms with Gasteiger partial charge in [-0.3, -0.25) is 4.55 Å². The molecule has 0 aliphatic heterocycles. The van der Waals surface area contributed by atoms with Gasteiger partial charge in [0.1, 0.15) is 0 Å². The van der Waals surface area contributed by atoms with E-state index in [1.807, 2.05) is 54.6 Å². The zero-order chi connectivity index (χ0) is 17.7. The molecule has 128 valence electrons. The third-order valence-corrected chi connectivity index (χ3v) is 4.76. The molecule has 0 unspecified atom stereocenters. The summed E-state index contributed by atoms with van der Waals surface area (Å²) in [5.74, 6) is 0. The SMILES string of the molecule is O=S(=O)(O)c1cccc(CN(Cc2ccccc2)c2ccccc2)c1. The van der Waals surface area contributed by atoms with E-state index in [1.54, 1.807) is 6.07 Å². The Bertz CT molecular complexity index is 925. The smallest absolute Gasteiger partial charge is 0.294 e. The van der Waals surface area contributed by atoms with Crippen LogP contribution in [-0.2, 0) is 23.2 Å². The van der Waals surface area contributed by atoms with Gasteiger partial charge in [0.25, 0.3) is 10.1 Å². The van der Waals surface area contributed by atoms with Crippen molar-refractivity contribution in [3.63, 3.8) is 0 Å².